The van der Waals surface area contributed by atoms with E-state index in [1.165, 1.54) is 68.9 Å². The molecule has 0 atom stereocenters. The second-order valence-corrected chi connectivity index (χ2v) is 10.1. The summed E-state index contributed by atoms with van der Waals surface area (Å²) < 4.78 is 5.15. The van der Waals surface area contributed by atoms with E-state index in [4.69, 9.17) is 0 Å². The molecule has 2 radical (unpaired) electrons. The molecule has 1 aromatic carbocycles. The van der Waals surface area contributed by atoms with Gasteiger partial charge in [-0.05, 0) is 0 Å². The van der Waals surface area contributed by atoms with Crippen molar-refractivity contribution in [3.63, 3.8) is 0 Å². The minimum atomic E-state index is -0.568. The van der Waals surface area contributed by atoms with Crippen LogP contribution in [0, 0.1) is 5.41 Å². The Balaban J connectivity index is 2.77. The molecule has 0 aliphatic heterocycles. The number of hydrogen-bond acceptors (Lipinski definition) is 0. The Hall–Kier alpha value is -0.501. The summed E-state index contributed by atoms with van der Waals surface area (Å²) in [6, 6.07) is 10.8. The van der Waals surface area contributed by atoms with Crippen LogP contribution in [-0.2, 0) is 0 Å². The van der Waals surface area contributed by atoms with E-state index in [9.17, 15) is 0 Å². The quantitative estimate of drug-likeness (QED) is 0.272. The zero-order valence-corrected chi connectivity index (χ0v) is 19.8. The standard InChI is InChI=1S/C15H29.C9H9.Sn/c1-5-9-12-15(8-4,13-10-6-2)14-11-7-3;1-8(2)9-6-4-3-5-7-9;/h4,8H,5-7,9-14H2,1-3H3;1,3-7H,2H3;. The van der Waals surface area contributed by atoms with Crippen LogP contribution in [0.2, 0.25) is 0 Å². The third-order valence-electron chi connectivity index (χ3n) is 5.15. The van der Waals surface area contributed by atoms with Crippen LogP contribution in [0.3, 0.4) is 0 Å². The first-order valence-corrected chi connectivity index (χ1v) is 13.6. The third kappa shape index (κ3) is 9.13. The predicted octanol–water partition coefficient (Wildman–Crippen LogP) is 7.82. The molecular weight excluding hydrogens is 407 g/mol. The first-order chi connectivity index (χ1) is 12.2. The molecule has 0 heterocycles. The monoisotopic (exact) mass is 446 g/mol. The summed E-state index contributed by atoms with van der Waals surface area (Å²) in [5.41, 5.74) is 3.32. The average Bonchev–Trinajstić information content (AvgIpc) is 2.66. The maximum atomic E-state index is 2.66. The third-order valence-corrected chi connectivity index (χ3v) is 7.88. The number of rotatable bonds is 13. The molecule has 0 aliphatic carbocycles. The number of allylic oxidation sites excluding steroid dienone is 2. The van der Waals surface area contributed by atoms with Crippen LogP contribution in [0.1, 0.15) is 91.0 Å². The molecule has 25 heavy (non-hydrogen) atoms. The summed E-state index contributed by atoms with van der Waals surface area (Å²) in [5.74, 6) is 0. The van der Waals surface area contributed by atoms with E-state index in [2.05, 4.69) is 72.3 Å². The first-order valence-electron chi connectivity index (χ1n) is 10.3. The molecule has 0 N–H and O–H groups in total. The second-order valence-electron chi connectivity index (χ2n) is 7.37. The zero-order valence-electron chi connectivity index (χ0n) is 17.0. The van der Waals surface area contributed by atoms with Gasteiger partial charge in [-0.2, -0.15) is 0 Å². The van der Waals surface area contributed by atoms with Gasteiger partial charge in [-0.25, -0.2) is 0 Å². The Morgan fingerprint density at radius 2 is 1.40 bits per heavy atom. The van der Waals surface area contributed by atoms with E-state index in [0.29, 0.717) is 5.41 Å². The van der Waals surface area contributed by atoms with E-state index >= 15 is 0 Å². The molecule has 0 saturated carbocycles. The average molecular weight is 445 g/mol. The van der Waals surface area contributed by atoms with E-state index < -0.39 is 21.1 Å². The fourth-order valence-electron chi connectivity index (χ4n) is 3.39. The van der Waals surface area contributed by atoms with Gasteiger partial charge >= 0.3 is 168 Å². The molecule has 0 nitrogen and oxygen atoms in total. The summed E-state index contributed by atoms with van der Waals surface area (Å²) >= 11 is -0.568. The molecule has 1 heteroatoms. The van der Waals surface area contributed by atoms with Gasteiger partial charge in [-0.3, -0.25) is 0 Å². The molecule has 0 amide bonds. The number of hydrogen-bond donors (Lipinski definition) is 0. The van der Waals surface area contributed by atoms with E-state index in [-0.39, 0.29) is 0 Å². The van der Waals surface area contributed by atoms with Crippen molar-refractivity contribution < 1.29 is 0 Å². The van der Waals surface area contributed by atoms with Gasteiger partial charge in [0.15, 0.2) is 0 Å². The van der Waals surface area contributed by atoms with Crippen LogP contribution in [0.4, 0.5) is 0 Å². The number of unbranched alkanes of at least 4 members (excludes halogenated alkanes) is 3. The SMILES string of the molecule is CCCCC(C=[CH][Sn][CH]=C(C)c1ccccc1)(CCCC)CCCC. The van der Waals surface area contributed by atoms with Crippen LogP contribution in [0.25, 0.3) is 5.57 Å². The van der Waals surface area contributed by atoms with Crippen molar-refractivity contribution in [2.24, 2.45) is 5.41 Å². The van der Waals surface area contributed by atoms with Gasteiger partial charge < -0.3 is 0 Å². The fraction of sp³-hybridized carbons (Fsp3) is 0.583. The van der Waals surface area contributed by atoms with Gasteiger partial charge in [-0.15, -0.1) is 0 Å². The van der Waals surface area contributed by atoms with Crippen molar-refractivity contribution in [1.82, 2.24) is 0 Å². The Bertz CT molecular complexity index is 476. The Labute approximate surface area is 167 Å². The van der Waals surface area contributed by atoms with Gasteiger partial charge in [0.1, 0.15) is 0 Å². The fourth-order valence-corrected chi connectivity index (χ4v) is 6.14. The molecule has 0 fully saturated rings. The molecule has 1 rings (SSSR count). The van der Waals surface area contributed by atoms with E-state index in [0.717, 1.165) is 0 Å². The molecule has 1 aromatic rings. The van der Waals surface area contributed by atoms with Crippen molar-refractivity contribution in [2.45, 2.75) is 85.5 Å². The Kier molecular flexibility index (Phi) is 12.3. The van der Waals surface area contributed by atoms with Gasteiger partial charge in [0.25, 0.3) is 0 Å². The minimum absolute atomic E-state index is 0.483. The van der Waals surface area contributed by atoms with Gasteiger partial charge in [-0.1, -0.05) is 0 Å². The van der Waals surface area contributed by atoms with Crippen molar-refractivity contribution in [2.75, 3.05) is 0 Å². The topological polar surface area (TPSA) is 0 Å². The van der Waals surface area contributed by atoms with Crippen LogP contribution in [0.15, 0.2) is 44.6 Å². The van der Waals surface area contributed by atoms with Crippen molar-refractivity contribution >= 4 is 26.7 Å². The summed E-state index contributed by atoms with van der Waals surface area (Å²) in [5, 5.41) is 0. The van der Waals surface area contributed by atoms with Gasteiger partial charge in [0, 0.05) is 0 Å². The normalized spacial score (nSPS) is 12.9. The molecular formula is C24H38Sn. The van der Waals surface area contributed by atoms with Crippen molar-refractivity contribution in [3.05, 3.63) is 50.2 Å². The predicted molar refractivity (Wildman–Crippen MR) is 116 cm³/mol. The molecule has 0 spiro atoms. The molecule has 0 bridgehead atoms. The van der Waals surface area contributed by atoms with E-state index in [1.54, 1.807) is 0 Å². The van der Waals surface area contributed by atoms with Gasteiger partial charge in [0.05, 0.1) is 0 Å². The summed E-state index contributed by atoms with van der Waals surface area (Å²) in [4.78, 5) is 0. The summed E-state index contributed by atoms with van der Waals surface area (Å²) in [7, 11) is 0. The molecule has 138 valence electrons. The first kappa shape index (κ1) is 22.5. The van der Waals surface area contributed by atoms with E-state index in [1.807, 2.05) is 0 Å². The van der Waals surface area contributed by atoms with Crippen LogP contribution in [0.5, 0.6) is 0 Å². The van der Waals surface area contributed by atoms with Crippen LogP contribution in [-0.4, -0.2) is 21.1 Å². The molecule has 0 saturated heterocycles. The van der Waals surface area contributed by atoms with Crippen molar-refractivity contribution in [3.8, 4) is 0 Å². The van der Waals surface area contributed by atoms with Gasteiger partial charge in [0.2, 0.25) is 0 Å². The Morgan fingerprint density at radius 3 is 1.88 bits per heavy atom. The molecule has 0 aromatic heterocycles. The number of benzene rings is 1. The molecule has 0 unspecified atom stereocenters. The summed E-state index contributed by atoms with van der Waals surface area (Å²) in [6.07, 6.45) is 14.9. The molecule has 0 aliphatic rings. The summed E-state index contributed by atoms with van der Waals surface area (Å²) in [6.45, 7) is 9.26. The maximum absolute atomic E-state index is 2.66. The van der Waals surface area contributed by atoms with Crippen LogP contribution < -0.4 is 0 Å². The second kappa shape index (κ2) is 13.7. The zero-order chi connectivity index (χ0) is 18.4. The van der Waals surface area contributed by atoms with Crippen molar-refractivity contribution in [1.29, 1.82) is 0 Å². The van der Waals surface area contributed by atoms with Crippen LogP contribution >= 0.6 is 0 Å². The Morgan fingerprint density at radius 1 is 0.880 bits per heavy atom.